The maximum atomic E-state index is 11.8. The van der Waals surface area contributed by atoms with E-state index in [1.807, 2.05) is 0 Å². The molecule has 1 amide bonds. The van der Waals surface area contributed by atoms with Gasteiger partial charge < -0.3 is 20.1 Å². The van der Waals surface area contributed by atoms with Gasteiger partial charge in [-0.3, -0.25) is 9.59 Å². The van der Waals surface area contributed by atoms with Gasteiger partial charge in [0.05, 0.1) is 19.6 Å². The Balaban J connectivity index is 1.75. The molecular formula is C14H18N2O4. The molecule has 0 aliphatic carbocycles. The molecule has 2 rings (SSSR count). The predicted molar refractivity (Wildman–Crippen MR) is 72.9 cm³/mol. The molecule has 0 aromatic heterocycles. The van der Waals surface area contributed by atoms with Crippen LogP contribution >= 0.6 is 0 Å². The maximum absolute atomic E-state index is 11.8. The fourth-order valence-corrected chi connectivity index (χ4v) is 1.97. The highest BCUT2D eigenvalue weighted by Crippen LogP contribution is 2.08. The molecule has 0 radical (unpaired) electrons. The Kier molecular flexibility index (Phi) is 4.95. The molecule has 2 N–H and O–H groups in total. The molecule has 0 bridgehead atoms. The second-order valence-electron chi connectivity index (χ2n) is 4.58. The molecule has 0 unspecified atom stereocenters. The van der Waals surface area contributed by atoms with Crippen LogP contribution in [-0.4, -0.2) is 49.7 Å². The number of nitrogen functional groups attached to an aromatic ring is 1. The monoisotopic (exact) mass is 278 g/mol. The van der Waals surface area contributed by atoms with Gasteiger partial charge in [-0.15, -0.1) is 0 Å². The average molecular weight is 278 g/mol. The van der Waals surface area contributed by atoms with E-state index in [9.17, 15) is 9.59 Å². The lowest BCUT2D eigenvalue weighted by Crippen LogP contribution is -2.42. The van der Waals surface area contributed by atoms with E-state index in [0.717, 1.165) is 5.56 Å². The number of amides is 1. The van der Waals surface area contributed by atoms with Crippen molar-refractivity contribution in [3.8, 4) is 0 Å². The number of carbonyl (C=O) groups excluding carboxylic acids is 2. The summed E-state index contributed by atoms with van der Waals surface area (Å²) in [5.74, 6) is -0.619. The van der Waals surface area contributed by atoms with E-state index >= 15 is 0 Å². The van der Waals surface area contributed by atoms with E-state index < -0.39 is 5.97 Å². The fourth-order valence-electron chi connectivity index (χ4n) is 1.97. The van der Waals surface area contributed by atoms with Crippen LogP contribution in [0.1, 0.15) is 5.56 Å². The lowest BCUT2D eigenvalue weighted by atomic mass is 10.1. The van der Waals surface area contributed by atoms with Crippen LogP contribution in [0.5, 0.6) is 0 Å². The van der Waals surface area contributed by atoms with Crippen LogP contribution in [0.2, 0.25) is 0 Å². The molecule has 1 aromatic carbocycles. The molecule has 1 heterocycles. The summed E-state index contributed by atoms with van der Waals surface area (Å²) in [5, 5.41) is 0. The highest BCUT2D eigenvalue weighted by molar-refractivity contribution is 5.81. The largest absolute Gasteiger partial charge is 0.455 e. The number of hydrogen-bond acceptors (Lipinski definition) is 5. The molecule has 6 heteroatoms. The third kappa shape index (κ3) is 4.24. The van der Waals surface area contributed by atoms with E-state index in [2.05, 4.69) is 0 Å². The van der Waals surface area contributed by atoms with E-state index in [4.69, 9.17) is 15.2 Å². The fraction of sp³-hybridized carbons (Fsp3) is 0.429. The summed E-state index contributed by atoms with van der Waals surface area (Å²) in [4.78, 5) is 25.1. The minimum absolute atomic E-state index is 0.113. The van der Waals surface area contributed by atoms with Gasteiger partial charge in [0.25, 0.3) is 5.91 Å². The van der Waals surface area contributed by atoms with E-state index in [0.29, 0.717) is 32.0 Å². The number of hydrogen-bond donors (Lipinski definition) is 1. The SMILES string of the molecule is Nc1cccc(CC(=O)OCC(=O)N2CCOCC2)c1. The highest BCUT2D eigenvalue weighted by Gasteiger charge is 2.18. The van der Waals surface area contributed by atoms with Crippen LogP contribution < -0.4 is 5.73 Å². The molecule has 1 aliphatic heterocycles. The second kappa shape index (κ2) is 6.91. The number of esters is 1. The highest BCUT2D eigenvalue weighted by atomic mass is 16.5. The maximum Gasteiger partial charge on any atom is 0.310 e. The van der Waals surface area contributed by atoms with Crippen molar-refractivity contribution in [2.45, 2.75) is 6.42 Å². The Morgan fingerprint density at radius 3 is 2.75 bits per heavy atom. The molecule has 20 heavy (non-hydrogen) atoms. The Morgan fingerprint density at radius 2 is 2.05 bits per heavy atom. The van der Waals surface area contributed by atoms with Crippen molar-refractivity contribution >= 4 is 17.6 Å². The number of ether oxygens (including phenoxy) is 2. The first-order valence-corrected chi connectivity index (χ1v) is 6.51. The summed E-state index contributed by atoms with van der Waals surface area (Å²) >= 11 is 0. The summed E-state index contributed by atoms with van der Waals surface area (Å²) in [5.41, 5.74) is 7.00. The van der Waals surface area contributed by atoms with Gasteiger partial charge in [0, 0.05) is 18.8 Å². The third-order valence-electron chi connectivity index (χ3n) is 3.02. The number of rotatable bonds is 4. The number of nitrogens with zero attached hydrogens (tertiary/aromatic N) is 1. The smallest absolute Gasteiger partial charge is 0.310 e. The number of benzene rings is 1. The van der Waals surface area contributed by atoms with Gasteiger partial charge in [-0.05, 0) is 17.7 Å². The predicted octanol–water partition coefficient (Wildman–Crippen LogP) is 0.213. The van der Waals surface area contributed by atoms with Gasteiger partial charge in [-0.2, -0.15) is 0 Å². The normalized spacial score (nSPS) is 14.9. The van der Waals surface area contributed by atoms with E-state index in [-0.39, 0.29) is 18.9 Å². The van der Waals surface area contributed by atoms with Crippen molar-refractivity contribution in [1.29, 1.82) is 0 Å². The molecule has 1 saturated heterocycles. The topological polar surface area (TPSA) is 81.9 Å². The van der Waals surface area contributed by atoms with E-state index in [1.165, 1.54) is 0 Å². The van der Waals surface area contributed by atoms with Crippen molar-refractivity contribution < 1.29 is 19.1 Å². The third-order valence-corrected chi connectivity index (χ3v) is 3.02. The Labute approximate surface area is 117 Å². The van der Waals surface area contributed by atoms with Crippen LogP contribution in [0, 0.1) is 0 Å². The van der Waals surface area contributed by atoms with Gasteiger partial charge in [-0.1, -0.05) is 12.1 Å². The van der Waals surface area contributed by atoms with E-state index in [1.54, 1.807) is 29.2 Å². The lowest BCUT2D eigenvalue weighted by molar-refractivity contribution is -0.153. The van der Waals surface area contributed by atoms with Gasteiger partial charge in [-0.25, -0.2) is 0 Å². The van der Waals surface area contributed by atoms with Crippen LogP contribution in [-0.2, 0) is 25.5 Å². The summed E-state index contributed by atoms with van der Waals surface area (Å²) in [6.07, 6.45) is 0.113. The van der Waals surface area contributed by atoms with Crippen LogP contribution in [0.3, 0.4) is 0 Å². The number of nitrogens with two attached hydrogens (primary N) is 1. The van der Waals surface area contributed by atoms with Crippen molar-refractivity contribution in [2.24, 2.45) is 0 Å². The summed E-state index contributed by atoms with van der Waals surface area (Å²) in [7, 11) is 0. The minimum atomic E-state index is -0.433. The average Bonchev–Trinajstić information content (AvgIpc) is 2.46. The van der Waals surface area contributed by atoms with Crippen LogP contribution in [0.25, 0.3) is 0 Å². The summed E-state index contributed by atoms with van der Waals surface area (Å²) in [6, 6.07) is 7.03. The summed E-state index contributed by atoms with van der Waals surface area (Å²) < 4.78 is 10.1. The molecule has 108 valence electrons. The Bertz CT molecular complexity index is 484. The summed E-state index contributed by atoms with van der Waals surface area (Å²) in [6.45, 7) is 1.93. The quantitative estimate of drug-likeness (QED) is 0.629. The lowest BCUT2D eigenvalue weighted by Gasteiger charge is -2.26. The van der Waals surface area contributed by atoms with Crippen molar-refractivity contribution in [1.82, 2.24) is 4.90 Å². The first-order chi connectivity index (χ1) is 9.65. The van der Waals surface area contributed by atoms with Crippen molar-refractivity contribution in [3.63, 3.8) is 0 Å². The zero-order chi connectivity index (χ0) is 14.4. The molecule has 6 nitrogen and oxygen atoms in total. The van der Waals surface area contributed by atoms with Gasteiger partial charge in [0.1, 0.15) is 0 Å². The zero-order valence-corrected chi connectivity index (χ0v) is 11.2. The van der Waals surface area contributed by atoms with Crippen LogP contribution in [0.4, 0.5) is 5.69 Å². The van der Waals surface area contributed by atoms with Crippen molar-refractivity contribution in [3.05, 3.63) is 29.8 Å². The molecule has 1 aromatic rings. The number of anilines is 1. The van der Waals surface area contributed by atoms with Gasteiger partial charge in [0.15, 0.2) is 6.61 Å². The molecule has 0 atom stereocenters. The van der Waals surface area contributed by atoms with Gasteiger partial charge >= 0.3 is 5.97 Å². The van der Waals surface area contributed by atoms with Gasteiger partial charge in [0.2, 0.25) is 0 Å². The molecule has 0 spiro atoms. The second-order valence-corrected chi connectivity index (χ2v) is 4.58. The Hall–Kier alpha value is -2.08. The first kappa shape index (κ1) is 14.3. The zero-order valence-electron chi connectivity index (χ0n) is 11.2. The standard InChI is InChI=1S/C14H18N2O4/c15-12-3-1-2-11(8-12)9-14(18)20-10-13(17)16-4-6-19-7-5-16/h1-3,8H,4-7,9-10,15H2. The van der Waals surface area contributed by atoms with Crippen molar-refractivity contribution in [2.75, 3.05) is 38.6 Å². The van der Waals surface area contributed by atoms with Crippen LogP contribution in [0.15, 0.2) is 24.3 Å². The molecule has 0 saturated carbocycles. The molecule has 1 fully saturated rings. The molecular weight excluding hydrogens is 260 g/mol. The number of carbonyl (C=O) groups is 2. The minimum Gasteiger partial charge on any atom is -0.455 e. The molecule has 1 aliphatic rings. The first-order valence-electron chi connectivity index (χ1n) is 6.51. The number of morpholine rings is 1. The Morgan fingerprint density at radius 1 is 1.30 bits per heavy atom.